The van der Waals surface area contributed by atoms with Gasteiger partial charge in [-0.25, -0.2) is 9.18 Å². The van der Waals surface area contributed by atoms with E-state index in [0.717, 1.165) is 55.5 Å². The fourth-order valence-corrected chi connectivity index (χ4v) is 6.60. The van der Waals surface area contributed by atoms with Gasteiger partial charge in [0.15, 0.2) is 0 Å². The van der Waals surface area contributed by atoms with Crippen molar-refractivity contribution in [1.82, 2.24) is 10.2 Å². The van der Waals surface area contributed by atoms with Crippen molar-refractivity contribution in [3.8, 4) is 5.75 Å². The van der Waals surface area contributed by atoms with Crippen molar-refractivity contribution in [3.05, 3.63) is 98.8 Å². The van der Waals surface area contributed by atoms with Gasteiger partial charge >= 0.3 is 5.97 Å². The number of likely N-dealkylation sites (tertiary alicyclic amines) is 1. The normalized spacial score (nSPS) is 18.7. The molecule has 0 bridgehead atoms. The quantitative estimate of drug-likeness (QED) is 0.221. The molecule has 6 rings (SSSR count). The van der Waals surface area contributed by atoms with Crippen LogP contribution in [0.15, 0.2) is 60.7 Å². The molecule has 234 valence electrons. The highest BCUT2D eigenvalue weighted by molar-refractivity contribution is 6.34. The summed E-state index contributed by atoms with van der Waals surface area (Å²) in [6.45, 7) is 8.02. The van der Waals surface area contributed by atoms with E-state index in [1.807, 2.05) is 44.2 Å². The van der Waals surface area contributed by atoms with Crippen LogP contribution >= 0.6 is 23.2 Å². The average molecular weight is 642 g/mol. The summed E-state index contributed by atoms with van der Waals surface area (Å²) in [4.78, 5) is 26.8. The summed E-state index contributed by atoms with van der Waals surface area (Å²) in [5.74, 6) is -1.95. The molecule has 3 aromatic carbocycles. The van der Waals surface area contributed by atoms with Gasteiger partial charge < -0.3 is 15.2 Å². The van der Waals surface area contributed by atoms with Gasteiger partial charge in [0.25, 0.3) is 5.91 Å². The number of nitrogens with one attached hydrogen (secondary N) is 1. The third kappa shape index (κ3) is 7.39. The van der Waals surface area contributed by atoms with E-state index in [-0.39, 0.29) is 28.9 Å². The van der Waals surface area contributed by atoms with Crippen LogP contribution in [0, 0.1) is 17.2 Å². The summed E-state index contributed by atoms with van der Waals surface area (Å²) in [6.07, 6.45) is 3.37. The Bertz CT molecular complexity index is 1480. The summed E-state index contributed by atoms with van der Waals surface area (Å²) < 4.78 is 21.5. The number of carbonyl (C=O) groups excluding carboxylic acids is 1. The van der Waals surface area contributed by atoms with Crippen LogP contribution in [-0.2, 0) is 4.79 Å². The predicted octanol–water partition coefficient (Wildman–Crippen LogP) is 8.12. The van der Waals surface area contributed by atoms with Crippen molar-refractivity contribution >= 4 is 35.1 Å². The molecule has 2 atom stereocenters. The van der Waals surface area contributed by atoms with Crippen LogP contribution in [0.25, 0.3) is 0 Å². The SMILES string of the molecule is CC.CC1(COc2cc(F)c(C(=O)NC(C(=O)O)C3CC3)cc2C2CC2)CN(C(c2ccccc2)c2cc(Cl)cc(Cl)c2)C1. The van der Waals surface area contributed by atoms with Crippen molar-refractivity contribution < 1.29 is 23.8 Å². The standard InChI is InChI=1S/C33H33Cl2FN2O4.C2H6/c1-33(16-38(17-33)30(21-5-3-2-4-6-21)22-11-23(34)13-24(35)12-22)18-42-28-15-27(36)26(14-25(28)19-7-8-19)31(39)37-29(32(40)41)20-9-10-20;1-2/h2-6,11-15,19-20,29-30H,7-10,16-18H2,1H3,(H,37,39)(H,40,41);1-2H3. The first-order valence-corrected chi connectivity index (χ1v) is 16.1. The number of hydrogen-bond donors (Lipinski definition) is 2. The molecule has 6 nitrogen and oxygen atoms in total. The van der Waals surface area contributed by atoms with Gasteiger partial charge in [-0.2, -0.15) is 0 Å². The van der Waals surface area contributed by atoms with Gasteiger partial charge in [0, 0.05) is 34.6 Å². The zero-order valence-electron chi connectivity index (χ0n) is 25.3. The summed E-state index contributed by atoms with van der Waals surface area (Å²) in [5, 5.41) is 13.2. The second-order valence-corrected chi connectivity index (χ2v) is 13.2. The number of amides is 1. The number of hydrogen-bond acceptors (Lipinski definition) is 4. The maximum absolute atomic E-state index is 15.2. The van der Waals surface area contributed by atoms with Gasteiger partial charge in [0.2, 0.25) is 0 Å². The Labute approximate surface area is 268 Å². The molecular formula is C35H39Cl2FN2O4. The van der Waals surface area contributed by atoms with Crippen molar-refractivity contribution in [2.24, 2.45) is 11.3 Å². The number of rotatable bonds is 11. The smallest absolute Gasteiger partial charge is 0.326 e. The Hall–Kier alpha value is -3.13. The van der Waals surface area contributed by atoms with Gasteiger partial charge in [-0.05, 0) is 78.5 Å². The highest BCUT2D eigenvalue weighted by Crippen LogP contribution is 2.46. The molecule has 1 aliphatic heterocycles. The highest BCUT2D eigenvalue weighted by Gasteiger charge is 2.44. The largest absolute Gasteiger partial charge is 0.493 e. The van der Waals surface area contributed by atoms with E-state index in [2.05, 4.69) is 29.3 Å². The number of aliphatic carboxylic acids is 1. The van der Waals surface area contributed by atoms with Crippen molar-refractivity contribution in [1.29, 1.82) is 0 Å². The topological polar surface area (TPSA) is 78.9 Å². The molecule has 2 unspecified atom stereocenters. The number of benzene rings is 3. The number of halogens is 3. The van der Waals surface area contributed by atoms with Crippen LogP contribution in [0.3, 0.4) is 0 Å². The number of carboxylic acid groups (broad SMARTS) is 1. The molecule has 0 spiro atoms. The molecule has 3 fully saturated rings. The van der Waals surface area contributed by atoms with Crippen molar-refractivity contribution in [3.63, 3.8) is 0 Å². The highest BCUT2D eigenvalue weighted by atomic mass is 35.5. The first kappa shape index (κ1) is 32.3. The van der Waals surface area contributed by atoms with E-state index in [0.29, 0.717) is 22.4 Å². The van der Waals surface area contributed by atoms with Crippen molar-refractivity contribution in [2.75, 3.05) is 19.7 Å². The monoisotopic (exact) mass is 640 g/mol. The molecule has 1 saturated heterocycles. The molecule has 44 heavy (non-hydrogen) atoms. The summed E-state index contributed by atoms with van der Waals surface area (Å²) in [7, 11) is 0. The lowest BCUT2D eigenvalue weighted by atomic mass is 9.79. The fourth-order valence-electron chi connectivity index (χ4n) is 6.06. The lowest BCUT2D eigenvalue weighted by Crippen LogP contribution is -2.58. The van der Waals surface area contributed by atoms with Crippen LogP contribution in [0.1, 0.15) is 85.5 Å². The first-order valence-electron chi connectivity index (χ1n) is 15.4. The number of carboxylic acids is 1. The van der Waals surface area contributed by atoms with E-state index >= 15 is 4.39 Å². The van der Waals surface area contributed by atoms with E-state index in [1.54, 1.807) is 12.1 Å². The molecule has 1 heterocycles. The Kier molecular flexibility index (Phi) is 9.88. The van der Waals surface area contributed by atoms with Crippen LogP contribution in [0.2, 0.25) is 10.0 Å². The summed E-state index contributed by atoms with van der Waals surface area (Å²) in [6, 6.07) is 17.6. The minimum Gasteiger partial charge on any atom is -0.493 e. The number of carbonyl (C=O) groups is 2. The Balaban J connectivity index is 0.00000188. The average Bonchev–Trinajstić information content (AvgIpc) is 3.90. The molecule has 3 aromatic rings. The maximum atomic E-state index is 15.2. The Morgan fingerprint density at radius 2 is 1.64 bits per heavy atom. The van der Waals surface area contributed by atoms with E-state index in [4.69, 9.17) is 27.9 Å². The molecule has 9 heteroatoms. The zero-order valence-corrected chi connectivity index (χ0v) is 26.8. The Morgan fingerprint density at radius 1 is 1.00 bits per heavy atom. The lowest BCUT2D eigenvalue weighted by molar-refractivity contribution is -0.139. The molecule has 2 N–H and O–H groups in total. The van der Waals surface area contributed by atoms with Gasteiger partial charge in [-0.15, -0.1) is 0 Å². The van der Waals surface area contributed by atoms with Crippen LogP contribution < -0.4 is 10.1 Å². The molecule has 2 aliphatic carbocycles. The number of nitrogens with zero attached hydrogens (tertiary/aromatic N) is 1. The van der Waals surface area contributed by atoms with Crippen LogP contribution in [0.5, 0.6) is 5.75 Å². The maximum Gasteiger partial charge on any atom is 0.326 e. The third-order valence-electron chi connectivity index (χ3n) is 8.43. The molecule has 0 aromatic heterocycles. The molecule has 3 aliphatic rings. The molecular weight excluding hydrogens is 602 g/mol. The lowest BCUT2D eigenvalue weighted by Gasteiger charge is -2.51. The van der Waals surface area contributed by atoms with Gasteiger partial charge in [-0.1, -0.05) is 74.3 Å². The van der Waals surface area contributed by atoms with Crippen LogP contribution in [-0.4, -0.2) is 47.6 Å². The first-order chi connectivity index (χ1) is 21.1. The van der Waals surface area contributed by atoms with Crippen molar-refractivity contribution in [2.45, 2.75) is 64.5 Å². The minimum atomic E-state index is -1.09. The van der Waals surface area contributed by atoms with Gasteiger partial charge in [0.05, 0.1) is 18.2 Å². The van der Waals surface area contributed by atoms with E-state index < -0.39 is 23.7 Å². The Morgan fingerprint density at radius 3 is 2.20 bits per heavy atom. The van der Waals surface area contributed by atoms with Gasteiger partial charge in [0.1, 0.15) is 17.6 Å². The second-order valence-electron chi connectivity index (χ2n) is 12.3. The summed E-state index contributed by atoms with van der Waals surface area (Å²) >= 11 is 12.7. The summed E-state index contributed by atoms with van der Waals surface area (Å²) in [5.41, 5.74) is 2.64. The molecule has 0 radical (unpaired) electrons. The number of ether oxygens (including phenoxy) is 1. The van der Waals surface area contributed by atoms with E-state index in [1.165, 1.54) is 6.07 Å². The molecule has 1 amide bonds. The second kappa shape index (κ2) is 13.5. The van der Waals surface area contributed by atoms with Gasteiger partial charge in [-0.3, -0.25) is 9.69 Å². The fraction of sp³-hybridized carbons (Fsp3) is 0.429. The van der Waals surface area contributed by atoms with Crippen LogP contribution in [0.4, 0.5) is 4.39 Å². The minimum absolute atomic E-state index is 0.0296. The van der Waals surface area contributed by atoms with E-state index in [9.17, 15) is 14.7 Å². The zero-order chi connectivity index (χ0) is 31.6. The predicted molar refractivity (Wildman–Crippen MR) is 171 cm³/mol. The third-order valence-corrected chi connectivity index (χ3v) is 8.87. The molecule has 2 saturated carbocycles.